The molecule has 1 aliphatic carbocycles. The van der Waals surface area contributed by atoms with Crippen molar-refractivity contribution in [3.63, 3.8) is 0 Å². The fraction of sp³-hybridized carbons (Fsp3) is 0.385. The first kappa shape index (κ1) is 29.2. The largest absolute Gasteiger partial charge is 0.495 e. The van der Waals surface area contributed by atoms with Gasteiger partial charge in [0.15, 0.2) is 5.03 Å². The Kier molecular flexibility index (Phi) is 7.94. The van der Waals surface area contributed by atoms with Crippen LogP contribution in [-0.4, -0.2) is 31.6 Å². The van der Waals surface area contributed by atoms with E-state index in [1.807, 2.05) is 0 Å². The number of benzene rings is 2. The van der Waals surface area contributed by atoms with Crippen molar-refractivity contribution in [3.8, 4) is 16.3 Å². The van der Waals surface area contributed by atoms with E-state index >= 15 is 0 Å². The van der Waals surface area contributed by atoms with E-state index in [-0.39, 0.29) is 43.9 Å². The molecule has 13 heteroatoms. The number of ether oxygens (including phenoxy) is 1. The van der Waals surface area contributed by atoms with Crippen LogP contribution in [0.25, 0.3) is 10.6 Å². The van der Waals surface area contributed by atoms with Gasteiger partial charge in [0.05, 0.1) is 28.9 Å². The van der Waals surface area contributed by atoms with Crippen LogP contribution in [0.4, 0.5) is 18.9 Å². The molecule has 2 N–H and O–H groups in total. The van der Waals surface area contributed by atoms with Gasteiger partial charge in [-0.25, -0.2) is 9.78 Å². The molecule has 2 aromatic carbocycles. The van der Waals surface area contributed by atoms with Gasteiger partial charge in [0.1, 0.15) is 10.8 Å². The average Bonchev–Trinajstić information content (AvgIpc) is 3.34. The predicted molar refractivity (Wildman–Crippen MR) is 143 cm³/mol. The number of hydrogen-bond acceptors (Lipinski definition) is 6. The number of alkyl halides is 3. The van der Waals surface area contributed by atoms with Gasteiger partial charge in [-0.15, -0.1) is 11.3 Å². The smallest absolute Gasteiger partial charge is 0.417 e. The highest BCUT2D eigenvalue weighted by atomic mass is 35.5. The molecular formula is C26H26ClF3N2O5S2. The first-order chi connectivity index (χ1) is 18.1. The number of rotatable bonds is 7. The molecule has 0 saturated heterocycles. The Labute approximate surface area is 233 Å². The Hall–Kier alpha value is -2.83. The summed E-state index contributed by atoms with van der Waals surface area (Å²) in [7, 11) is -3.17. The van der Waals surface area contributed by atoms with E-state index < -0.39 is 32.8 Å². The molecule has 0 atom stereocenters. The number of halogens is 4. The van der Waals surface area contributed by atoms with Crippen LogP contribution in [0.15, 0.2) is 40.7 Å². The van der Waals surface area contributed by atoms with Crippen LogP contribution in [0, 0.1) is 5.41 Å². The van der Waals surface area contributed by atoms with Crippen molar-refractivity contribution < 1.29 is 36.2 Å². The fourth-order valence-corrected chi connectivity index (χ4v) is 7.08. The van der Waals surface area contributed by atoms with Gasteiger partial charge in [0, 0.05) is 10.9 Å². The second kappa shape index (κ2) is 10.6. The average molecular weight is 603 g/mol. The summed E-state index contributed by atoms with van der Waals surface area (Å²) >= 11 is 6.73. The van der Waals surface area contributed by atoms with Gasteiger partial charge in [-0.3, -0.25) is 4.72 Å². The number of aromatic carboxylic acids is 1. The van der Waals surface area contributed by atoms with Crippen molar-refractivity contribution >= 4 is 44.6 Å². The van der Waals surface area contributed by atoms with Crippen LogP contribution >= 0.6 is 22.9 Å². The lowest BCUT2D eigenvalue weighted by Gasteiger charge is -2.34. The minimum Gasteiger partial charge on any atom is -0.495 e. The fourth-order valence-electron chi connectivity index (χ4n) is 4.64. The summed E-state index contributed by atoms with van der Waals surface area (Å²) in [5.41, 5.74) is -0.741. The van der Waals surface area contributed by atoms with E-state index in [0.717, 1.165) is 60.6 Å². The number of carbonyl (C=O) groups is 1. The molecule has 1 aromatic heterocycles. The zero-order valence-electron chi connectivity index (χ0n) is 21.2. The monoisotopic (exact) mass is 602 g/mol. The summed E-state index contributed by atoms with van der Waals surface area (Å²) in [6.07, 6.45) is -1.21. The number of thiazole rings is 1. The molecule has 7 nitrogen and oxygen atoms in total. The van der Waals surface area contributed by atoms with Gasteiger partial charge in [-0.05, 0) is 60.8 Å². The number of carboxylic acids is 1. The van der Waals surface area contributed by atoms with Crippen LogP contribution in [-0.2, 0) is 16.2 Å². The van der Waals surface area contributed by atoms with E-state index in [4.69, 9.17) is 16.3 Å². The van der Waals surface area contributed by atoms with Crippen LogP contribution < -0.4 is 9.46 Å². The Morgan fingerprint density at radius 2 is 1.87 bits per heavy atom. The van der Waals surface area contributed by atoms with Crippen LogP contribution in [0.1, 0.15) is 66.9 Å². The topological polar surface area (TPSA) is 106 Å². The van der Waals surface area contributed by atoms with Crippen molar-refractivity contribution in [3.05, 3.63) is 57.4 Å². The van der Waals surface area contributed by atoms with Crippen LogP contribution in [0.3, 0.4) is 0 Å². The van der Waals surface area contributed by atoms with E-state index in [2.05, 4.69) is 23.6 Å². The number of aromatic nitrogens is 1. The molecule has 210 valence electrons. The maximum absolute atomic E-state index is 14.1. The van der Waals surface area contributed by atoms with Gasteiger partial charge in [0.2, 0.25) is 0 Å². The van der Waals surface area contributed by atoms with Crippen molar-refractivity contribution in [1.82, 2.24) is 4.98 Å². The zero-order valence-corrected chi connectivity index (χ0v) is 23.6. The highest BCUT2D eigenvalue weighted by Crippen LogP contribution is 2.45. The van der Waals surface area contributed by atoms with Crippen molar-refractivity contribution in [2.45, 2.75) is 56.7 Å². The van der Waals surface area contributed by atoms with Crippen molar-refractivity contribution in [2.75, 3.05) is 11.8 Å². The lowest BCUT2D eigenvalue weighted by atomic mass is 9.71. The molecule has 1 aliphatic rings. The highest BCUT2D eigenvalue weighted by Gasteiger charge is 2.36. The Morgan fingerprint density at radius 3 is 2.46 bits per heavy atom. The first-order valence-electron chi connectivity index (χ1n) is 11.9. The molecule has 3 aromatic rings. The number of anilines is 1. The minimum atomic E-state index is -4.67. The maximum atomic E-state index is 14.1. The second-order valence-corrected chi connectivity index (χ2v) is 13.1. The number of nitrogens with one attached hydrogen (secondary N) is 1. The van der Waals surface area contributed by atoms with Gasteiger partial charge >= 0.3 is 12.1 Å². The minimum absolute atomic E-state index is 0.0268. The van der Waals surface area contributed by atoms with E-state index in [9.17, 15) is 31.5 Å². The molecule has 0 spiro atoms. The standard InChI is InChI=1S/C26H26ClF3N2O5S2/c1-25(2)8-6-14(7-9-25)15-4-5-16(18(10-15)26(28,29)30)23-31-22(13-38-23)39(35,36)32-20-12-19(27)17(24(33)34)11-21(20)37-3/h4-5,10-14,32H,6-9H2,1-3H3,(H,33,34). The molecule has 4 rings (SSSR count). The van der Waals surface area contributed by atoms with E-state index in [1.165, 1.54) is 13.2 Å². The molecule has 0 bridgehead atoms. The SMILES string of the molecule is COc1cc(C(=O)O)c(Cl)cc1NS(=O)(=O)c1csc(-c2ccc(C3CCC(C)(C)CC3)cc2C(F)(F)F)n1. The first-order valence-corrected chi connectivity index (χ1v) is 14.7. The normalized spacial score (nSPS) is 16.2. The van der Waals surface area contributed by atoms with Crippen molar-refractivity contribution in [2.24, 2.45) is 5.41 Å². The van der Waals surface area contributed by atoms with Crippen molar-refractivity contribution in [1.29, 1.82) is 0 Å². The number of methoxy groups -OCH3 is 1. The Bertz CT molecular complexity index is 1510. The summed E-state index contributed by atoms with van der Waals surface area (Å²) in [6.45, 7) is 4.32. The predicted octanol–water partition coefficient (Wildman–Crippen LogP) is 7.67. The summed E-state index contributed by atoms with van der Waals surface area (Å²) in [4.78, 5) is 15.3. The van der Waals surface area contributed by atoms with Gasteiger partial charge in [0.25, 0.3) is 10.0 Å². The molecule has 1 fully saturated rings. The number of carboxylic acid groups (broad SMARTS) is 1. The third-order valence-corrected chi connectivity index (χ3v) is 9.50. The number of hydrogen-bond donors (Lipinski definition) is 2. The van der Waals surface area contributed by atoms with Crippen LogP contribution in [0.5, 0.6) is 5.75 Å². The third kappa shape index (κ3) is 6.33. The third-order valence-electron chi connectivity index (χ3n) is 6.91. The Balaban J connectivity index is 1.66. The summed E-state index contributed by atoms with van der Waals surface area (Å²) < 4.78 is 75.7. The lowest BCUT2D eigenvalue weighted by molar-refractivity contribution is -0.137. The maximum Gasteiger partial charge on any atom is 0.417 e. The van der Waals surface area contributed by atoms with Gasteiger partial charge < -0.3 is 9.84 Å². The second-order valence-electron chi connectivity index (χ2n) is 10.2. The molecule has 1 heterocycles. The summed E-state index contributed by atoms with van der Waals surface area (Å²) in [6, 6.07) is 6.30. The van der Waals surface area contributed by atoms with Gasteiger partial charge in [-0.2, -0.15) is 21.6 Å². The molecule has 0 aliphatic heterocycles. The van der Waals surface area contributed by atoms with E-state index in [1.54, 1.807) is 6.07 Å². The summed E-state index contributed by atoms with van der Waals surface area (Å²) in [5.74, 6) is -1.42. The molecule has 0 amide bonds. The quantitative estimate of drug-likeness (QED) is 0.287. The van der Waals surface area contributed by atoms with Gasteiger partial charge in [-0.1, -0.05) is 37.6 Å². The number of nitrogens with zero attached hydrogens (tertiary/aromatic N) is 1. The number of sulfonamides is 1. The Morgan fingerprint density at radius 1 is 1.21 bits per heavy atom. The zero-order chi connectivity index (χ0) is 28.8. The summed E-state index contributed by atoms with van der Waals surface area (Å²) in [5, 5.41) is 9.51. The molecule has 39 heavy (non-hydrogen) atoms. The molecular weight excluding hydrogens is 577 g/mol. The van der Waals surface area contributed by atoms with Crippen LogP contribution in [0.2, 0.25) is 5.02 Å². The molecule has 0 radical (unpaired) electrons. The molecule has 0 unspecified atom stereocenters. The highest BCUT2D eigenvalue weighted by molar-refractivity contribution is 7.92. The lowest BCUT2D eigenvalue weighted by Crippen LogP contribution is -2.20. The van der Waals surface area contributed by atoms with E-state index in [0.29, 0.717) is 5.56 Å². The molecule has 1 saturated carbocycles.